The Kier molecular flexibility index (Phi) is 7.47. The number of unbranched alkanes of at least 4 members (excludes halogenated alkanes) is 1. The molecule has 13 heavy (non-hydrogen) atoms. The largest absolute Gasteiger partial charge is 0.750 e. The Morgan fingerprint density at radius 3 is 2.85 bits per heavy atom. The molecule has 0 saturated carbocycles. The lowest BCUT2D eigenvalue weighted by molar-refractivity contribution is -0.116. The van der Waals surface area contributed by atoms with E-state index in [1.165, 1.54) is 6.08 Å². The Morgan fingerprint density at radius 1 is 1.62 bits per heavy atom. The number of carbonyl (C=O) groups is 1. The minimum absolute atomic E-state index is 0.153. The second-order valence-corrected chi connectivity index (χ2v) is 2.87. The van der Waals surface area contributed by atoms with Crippen molar-refractivity contribution in [3.63, 3.8) is 0 Å². The zero-order chi connectivity index (χ0) is 10.1. The van der Waals surface area contributed by atoms with E-state index < -0.39 is 11.4 Å². The summed E-state index contributed by atoms with van der Waals surface area (Å²) in [5.41, 5.74) is 0. The van der Waals surface area contributed by atoms with Crippen LogP contribution >= 0.6 is 0 Å². The molecule has 0 rings (SSSR count). The molecule has 0 spiro atoms. The molecule has 5 nitrogen and oxygen atoms in total. The molecule has 0 aliphatic heterocycles. The Bertz CT molecular complexity index is 195. The van der Waals surface area contributed by atoms with Crippen LogP contribution in [-0.4, -0.2) is 27.8 Å². The van der Waals surface area contributed by atoms with Gasteiger partial charge in [0.25, 0.3) is 0 Å². The quantitative estimate of drug-likeness (QED) is 0.358. The monoisotopic (exact) mass is 206 g/mol. The Labute approximate surface area is 79.7 Å². The van der Waals surface area contributed by atoms with Gasteiger partial charge in [0.15, 0.2) is 0 Å². The molecule has 0 aliphatic carbocycles. The maximum absolute atomic E-state index is 10.6. The highest BCUT2D eigenvalue weighted by Crippen LogP contribution is 1.89. The van der Waals surface area contributed by atoms with Gasteiger partial charge in [-0.25, -0.2) is 4.21 Å². The van der Waals surface area contributed by atoms with Crippen LogP contribution < -0.4 is 5.32 Å². The van der Waals surface area contributed by atoms with E-state index >= 15 is 0 Å². The van der Waals surface area contributed by atoms with Gasteiger partial charge in [-0.1, -0.05) is 6.58 Å². The van der Waals surface area contributed by atoms with Gasteiger partial charge >= 0.3 is 0 Å². The summed E-state index contributed by atoms with van der Waals surface area (Å²) >= 11 is -2.43. The molecule has 1 N–H and O–H groups in total. The smallest absolute Gasteiger partial charge is 0.243 e. The predicted molar refractivity (Wildman–Crippen MR) is 47.3 cm³/mol. The zero-order valence-electron chi connectivity index (χ0n) is 7.15. The second-order valence-electron chi connectivity index (χ2n) is 2.23. The van der Waals surface area contributed by atoms with E-state index in [4.69, 9.17) is 0 Å². The van der Waals surface area contributed by atoms with Crippen molar-refractivity contribution >= 4 is 17.3 Å². The number of amides is 1. The topological polar surface area (TPSA) is 78.5 Å². The van der Waals surface area contributed by atoms with Gasteiger partial charge in [0.1, 0.15) is 0 Å². The van der Waals surface area contributed by atoms with Crippen molar-refractivity contribution in [1.29, 1.82) is 0 Å². The summed E-state index contributed by atoms with van der Waals surface area (Å²) in [5.74, 6) is -0.228. The van der Waals surface area contributed by atoms with Crippen LogP contribution in [0.15, 0.2) is 12.7 Å². The van der Waals surface area contributed by atoms with Crippen molar-refractivity contribution in [1.82, 2.24) is 5.32 Å². The molecule has 0 heterocycles. The minimum Gasteiger partial charge on any atom is -0.750 e. The standard InChI is InChI=1S/C7H13NO4S/c1-2-7(9)8-5-3-4-6-12-13(10)11/h2H,1,3-6H2,(H,8,9)(H,10,11)/p-1. The predicted octanol–water partition coefficient (Wildman–Crippen LogP) is -0.121. The summed E-state index contributed by atoms with van der Waals surface area (Å²) in [4.78, 5) is 10.6. The van der Waals surface area contributed by atoms with Crippen LogP contribution in [0, 0.1) is 0 Å². The molecule has 0 saturated heterocycles. The average molecular weight is 206 g/mol. The maximum atomic E-state index is 10.6. The lowest BCUT2D eigenvalue weighted by Crippen LogP contribution is -2.22. The molecule has 6 heteroatoms. The number of hydrogen-bond donors (Lipinski definition) is 1. The fraction of sp³-hybridized carbons (Fsp3) is 0.571. The summed E-state index contributed by atoms with van der Waals surface area (Å²) < 4.78 is 24.0. The average Bonchev–Trinajstić information content (AvgIpc) is 2.10. The van der Waals surface area contributed by atoms with E-state index in [0.717, 1.165) is 0 Å². The highest BCUT2D eigenvalue weighted by atomic mass is 32.2. The van der Waals surface area contributed by atoms with E-state index in [9.17, 15) is 13.6 Å². The van der Waals surface area contributed by atoms with Crippen molar-refractivity contribution in [2.75, 3.05) is 13.2 Å². The lowest BCUT2D eigenvalue weighted by atomic mass is 10.3. The van der Waals surface area contributed by atoms with Crippen LogP contribution in [0.4, 0.5) is 0 Å². The third kappa shape index (κ3) is 9.19. The fourth-order valence-corrected chi connectivity index (χ4v) is 0.892. The molecular formula is C7H12NO4S-. The maximum Gasteiger partial charge on any atom is 0.243 e. The van der Waals surface area contributed by atoms with Crippen LogP contribution in [0.2, 0.25) is 0 Å². The van der Waals surface area contributed by atoms with E-state index in [1.807, 2.05) is 0 Å². The minimum atomic E-state index is -2.43. The molecule has 0 aliphatic rings. The lowest BCUT2D eigenvalue weighted by Gasteiger charge is -2.05. The van der Waals surface area contributed by atoms with Crippen LogP contribution in [0.5, 0.6) is 0 Å². The first-order valence-corrected chi connectivity index (χ1v) is 4.79. The molecule has 0 radical (unpaired) electrons. The van der Waals surface area contributed by atoms with E-state index in [-0.39, 0.29) is 12.5 Å². The highest BCUT2D eigenvalue weighted by Gasteiger charge is 1.93. The third-order valence-corrected chi connectivity index (χ3v) is 1.59. The second kappa shape index (κ2) is 7.90. The number of carbonyl (C=O) groups excluding carboxylic acids is 1. The number of rotatable bonds is 7. The molecular weight excluding hydrogens is 194 g/mol. The summed E-state index contributed by atoms with van der Waals surface area (Å²) in [5, 5.41) is 2.55. The molecule has 0 bridgehead atoms. The Balaban J connectivity index is 3.12. The number of hydrogen-bond acceptors (Lipinski definition) is 4. The summed E-state index contributed by atoms with van der Waals surface area (Å²) in [6, 6.07) is 0. The van der Waals surface area contributed by atoms with Crippen molar-refractivity contribution < 1.29 is 17.7 Å². The molecule has 0 aromatic carbocycles. The third-order valence-electron chi connectivity index (χ3n) is 1.24. The molecule has 0 fully saturated rings. The highest BCUT2D eigenvalue weighted by molar-refractivity contribution is 7.74. The first-order valence-electron chi connectivity index (χ1n) is 3.79. The first-order chi connectivity index (χ1) is 6.16. The first kappa shape index (κ1) is 12.3. The Hall–Kier alpha value is -0.720. The molecule has 0 aromatic heterocycles. The van der Waals surface area contributed by atoms with Crippen molar-refractivity contribution in [2.24, 2.45) is 0 Å². The summed E-state index contributed by atoms with van der Waals surface area (Å²) in [7, 11) is 0. The van der Waals surface area contributed by atoms with Gasteiger partial charge in [-0.15, -0.1) is 0 Å². The molecule has 0 aromatic rings. The normalized spacial score (nSPS) is 12.1. The van der Waals surface area contributed by atoms with Crippen molar-refractivity contribution in [3.05, 3.63) is 12.7 Å². The van der Waals surface area contributed by atoms with Crippen molar-refractivity contribution in [3.8, 4) is 0 Å². The van der Waals surface area contributed by atoms with Gasteiger partial charge in [0.05, 0.1) is 18.0 Å². The van der Waals surface area contributed by atoms with Crippen LogP contribution in [0.3, 0.4) is 0 Å². The van der Waals surface area contributed by atoms with Gasteiger partial charge in [0.2, 0.25) is 5.91 Å². The molecule has 1 amide bonds. The Morgan fingerprint density at radius 2 is 2.31 bits per heavy atom. The van der Waals surface area contributed by atoms with Gasteiger partial charge in [0, 0.05) is 6.54 Å². The summed E-state index contributed by atoms with van der Waals surface area (Å²) in [6.45, 7) is 3.93. The molecule has 1 atom stereocenters. The van der Waals surface area contributed by atoms with E-state index in [0.29, 0.717) is 19.4 Å². The van der Waals surface area contributed by atoms with Gasteiger partial charge in [-0.2, -0.15) is 0 Å². The number of nitrogens with one attached hydrogen (secondary N) is 1. The van der Waals surface area contributed by atoms with E-state index in [1.54, 1.807) is 0 Å². The molecule has 76 valence electrons. The summed E-state index contributed by atoms with van der Waals surface area (Å²) in [6.07, 6.45) is 2.45. The van der Waals surface area contributed by atoms with Crippen LogP contribution in [0.1, 0.15) is 12.8 Å². The fourth-order valence-electron chi connectivity index (χ4n) is 0.638. The zero-order valence-corrected chi connectivity index (χ0v) is 7.97. The van der Waals surface area contributed by atoms with Crippen LogP contribution in [-0.2, 0) is 20.3 Å². The van der Waals surface area contributed by atoms with Crippen molar-refractivity contribution in [2.45, 2.75) is 12.8 Å². The van der Waals surface area contributed by atoms with E-state index in [2.05, 4.69) is 16.1 Å². The van der Waals surface area contributed by atoms with Gasteiger partial charge in [-0.3, -0.25) is 4.79 Å². The van der Waals surface area contributed by atoms with Gasteiger partial charge < -0.3 is 14.1 Å². The van der Waals surface area contributed by atoms with Crippen LogP contribution in [0.25, 0.3) is 0 Å². The SMILES string of the molecule is C=CC(=O)NCCCCOS(=O)[O-]. The van der Waals surface area contributed by atoms with Gasteiger partial charge in [-0.05, 0) is 18.9 Å². The molecule has 1 unspecified atom stereocenters.